The minimum absolute atomic E-state index is 0.130. The van der Waals surface area contributed by atoms with Gasteiger partial charge in [0.1, 0.15) is 12.1 Å². The van der Waals surface area contributed by atoms with E-state index in [0.29, 0.717) is 10.9 Å². The number of rotatable bonds is 7. The molecule has 0 aliphatic carbocycles. The zero-order valence-corrected chi connectivity index (χ0v) is 17.7. The molecule has 1 saturated heterocycles. The molecule has 3 heterocycles. The molecule has 9 heteroatoms. The summed E-state index contributed by atoms with van der Waals surface area (Å²) in [6, 6.07) is 11.7. The Morgan fingerprint density at radius 3 is 2.63 bits per heavy atom. The first-order valence-electron chi connectivity index (χ1n) is 9.79. The van der Waals surface area contributed by atoms with Crippen LogP contribution in [0.1, 0.15) is 5.56 Å². The van der Waals surface area contributed by atoms with Gasteiger partial charge in [-0.25, -0.2) is 0 Å². The van der Waals surface area contributed by atoms with Gasteiger partial charge in [0.15, 0.2) is 5.16 Å². The Bertz CT molecular complexity index is 955. The van der Waals surface area contributed by atoms with Crippen LogP contribution in [0, 0.1) is 0 Å². The number of ether oxygens (including phenoxy) is 1. The van der Waals surface area contributed by atoms with Crippen molar-refractivity contribution in [3.63, 3.8) is 0 Å². The molecule has 0 atom stereocenters. The normalized spacial score (nSPS) is 14.6. The van der Waals surface area contributed by atoms with Crippen molar-refractivity contribution in [3.8, 4) is 11.4 Å². The maximum atomic E-state index is 12.7. The highest BCUT2D eigenvalue weighted by Crippen LogP contribution is 2.22. The highest BCUT2D eigenvalue weighted by molar-refractivity contribution is 7.99. The third-order valence-corrected chi connectivity index (χ3v) is 5.97. The molecule has 0 unspecified atom stereocenters. The Kier molecular flexibility index (Phi) is 6.60. The molecule has 0 N–H and O–H groups in total. The van der Waals surface area contributed by atoms with Crippen molar-refractivity contribution in [1.29, 1.82) is 0 Å². The molecule has 1 aliphatic heterocycles. The van der Waals surface area contributed by atoms with E-state index in [9.17, 15) is 4.79 Å². The first-order valence-corrected chi connectivity index (χ1v) is 10.8. The summed E-state index contributed by atoms with van der Waals surface area (Å²) in [6.45, 7) is 4.09. The number of piperazine rings is 1. The van der Waals surface area contributed by atoms with E-state index in [-0.39, 0.29) is 5.91 Å². The predicted molar refractivity (Wildman–Crippen MR) is 115 cm³/mol. The van der Waals surface area contributed by atoms with Crippen molar-refractivity contribution >= 4 is 17.7 Å². The van der Waals surface area contributed by atoms with Crippen LogP contribution < -0.4 is 4.74 Å². The molecule has 0 bridgehead atoms. The van der Waals surface area contributed by atoms with Crippen molar-refractivity contribution < 1.29 is 9.53 Å². The maximum Gasteiger partial charge on any atom is 0.233 e. The van der Waals surface area contributed by atoms with Gasteiger partial charge in [0, 0.05) is 50.8 Å². The molecule has 2 aromatic heterocycles. The summed E-state index contributed by atoms with van der Waals surface area (Å²) in [5, 5.41) is 8.87. The number of aromatic nitrogens is 4. The minimum atomic E-state index is 0.130. The molecule has 1 aromatic carbocycles. The minimum Gasteiger partial charge on any atom is -0.497 e. The van der Waals surface area contributed by atoms with Crippen LogP contribution in [0.5, 0.6) is 5.75 Å². The van der Waals surface area contributed by atoms with Gasteiger partial charge in [0.2, 0.25) is 5.91 Å². The van der Waals surface area contributed by atoms with Crippen LogP contribution in [0.2, 0.25) is 0 Å². The Hall–Kier alpha value is -2.91. The van der Waals surface area contributed by atoms with Gasteiger partial charge >= 0.3 is 0 Å². The molecule has 156 valence electrons. The summed E-state index contributed by atoms with van der Waals surface area (Å²) < 4.78 is 7.08. The van der Waals surface area contributed by atoms with E-state index in [1.54, 1.807) is 19.6 Å². The molecule has 1 amide bonds. The van der Waals surface area contributed by atoms with E-state index in [1.807, 2.05) is 46.0 Å². The molecule has 0 saturated carbocycles. The quantitative estimate of drug-likeness (QED) is 0.538. The van der Waals surface area contributed by atoms with E-state index < -0.39 is 0 Å². The first-order chi connectivity index (χ1) is 14.7. The number of pyridine rings is 1. The van der Waals surface area contributed by atoms with Gasteiger partial charge in [0.25, 0.3) is 0 Å². The smallest absolute Gasteiger partial charge is 0.233 e. The number of carbonyl (C=O) groups excluding carboxylic acids is 1. The van der Waals surface area contributed by atoms with Crippen LogP contribution in [0.25, 0.3) is 5.69 Å². The van der Waals surface area contributed by atoms with E-state index in [4.69, 9.17) is 4.74 Å². The molecular formula is C21H24N6O2S. The van der Waals surface area contributed by atoms with E-state index in [1.165, 1.54) is 17.3 Å². The number of thioether (sulfide) groups is 1. The number of amides is 1. The number of hydrogen-bond donors (Lipinski definition) is 0. The Morgan fingerprint density at radius 2 is 1.93 bits per heavy atom. The summed E-state index contributed by atoms with van der Waals surface area (Å²) in [7, 11) is 1.64. The molecule has 4 rings (SSSR count). The average molecular weight is 425 g/mol. The second-order valence-corrected chi connectivity index (χ2v) is 7.93. The Morgan fingerprint density at radius 1 is 1.13 bits per heavy atom. The SMILES string of the molecule is COc1ccc(-n2cnnc2SCC(=O)N2CCN(Cc3cccnc3)CC2)cc1. The topological polar surface area (TPSA) is 76.4 Å². The fourth-order valence-corrected chi connectivity index (χ4v) is 4.20. The molecule has 0 spiro atoms. The summed E-state index contributed by atoms with van der Waals surface area (Å²) in [6.07, 6.45) is 5.34. The highest BCUT2D eigenvalue weighted by atomic mass is 32.2. The summed E-state index contributed by atoms with van der Waals surface area (Å²) >= 11 is 1.41. The number of benzene rings is 1. The van der Waals surface area contributed by atoms with Crippen molar-refractivity contribution in [3.05, 3.63) is 60.7 Å². The molecule has 3 aromatic rings. The first kappa shape index (κ1) is 20.4. The maximum absolute atomic E-state index is 12.7. The molecule has 30 heavy (non-hydrogen) atoms. The third kappa shape index (κ3) is 4.98. The van der Waals surface area contributed by atoms with Gasteiger partial charge in [0.05, 0.1) is 12.9 Å². The summed E-state index contributed by atoms with van der Waals surface area (Å²) in [4.78, 5) is 21.1. The zero-order valence-electron chi connectivity index (χ0n) is 16.8. The van der Waals surface area contributed by atoms with Crippen LogP contribution >= 0.6 is 11.8 Å². The lowest BCUT2D eigenvalue weighted by molar-refractivity contribution is -0.130. The van der Waals surface area contributed by atoms with Gasteiger partial charge in [-0.05, 0) is 35.9 Å². The Labute approximate surface area is 179 Å². The van der Waals surface area contributed by atoms with Crippen molar-refractivity contribution in [2.24, 2.45) is 0 Å². The van der Waals surface area contributed by atoms with Gasteiger partial charge in [-0.15, -0.1) is 10.2 Å². The van der Waals surface area contributed by atoms with Gasteiger partial charge in [-0.2, -0.15) is 0 Å². The summed E-state index contributed by atoms with van der Waals surface area (Å²) in [5.41, 5.74) is 2.13. The van der Waals surface area contributed by atoms with Gasteiger partial charge in [-0.3, -0.25) is 19.2 Å². The number of carbonyl (C=O) groups is 1. The van der Waals surface area contributed by atoms with Crippen LogP contribution in [0.4, 0.5) is 0 Å². The van der Waals surface area contributed by atoms with Crippen LogP contribution in [-0.4, -0.2) is 74.5 Å². The lowest BCUT2D eigenvalue weighted by Gasteiger charge is -2.34. The monoisotopic (exact) mass is 424 g/mol. The average Bonchev–Trinajstić information content (AvgIpc) is 3.27. The zero-order chi connectivity index (χ0) is 20.8. The fraction of sp³-hybridized carbons (Fsp3) is 0.333. The number of hydrogen-bond acceptors (Lipinski definition) is 7. The second-order valence-electron chi connectivity index (χ2n) is 6.99. The van der Waals surface area contributed by atoms with Crippen molar-refractivity contribution in [2.45, 2.75) is 11.7 Å². The largest absolute Gasteiger partial charge is 0.497 e. The van der Waals surface area contributed by atoms with Crippen LogP contribution in [0.3, 0.4) is 0 Å². The fourth-order valence-electron chi connectivity index (χ4n) is 3.37. The molecule has 1 aliphatic rings. The lowest BCUT2D eigenvalue weighted by Crippen LogP contribution is -2.48. The lowest BCUT2D eigenvalue weighted by atomic mass is 10.2. The van der Waals surface area contributed by atoms with Gasteiger partial charge < -0.3 is 9.64 Å². The van der Waals surface area contributed by atoms with Gasteiger partial charge in [-0.1, -0.05) is 17.8 Å². The van der Waals surface area contributed by atoms with E-state index in [0.717, 1.165) is 44.2 Å². The standard InChI is InChI=1S/C21H24N6O2S/c1-29-19-6-4-18(5-7-19)27-16-23-24-21(27)30-15-20(28)26-11-9-25(10-12-26)14-17-3-2-8-22-13-17/h2-8,13,16H,9-12,14-15H2,1H3. The predicted octanol–water partition coefficient (Wildman–Crippen LogP) is 2.11. The molecule has 0 radical (unpaired) electrons. The van der Waals surface area contributed by atoms with Crippen LogP contribution in [-0.2, 0) is 11.3 Å². The molecule has 8 nitrogen and oxygen atoms in total. The summed E-state index contributed by atoms with van der Waals surface area (Å²) in [5.74, 6) is 1.27. The van der Waals surface area contributed by atoms with E-state index in [2.05, 4.69) is 26.1 Å². The third-order valence-electron chi connectivity index (χ3n) is 5.05. The highest BCUT2D eigenvalue weighted by Gasteiger charge is 2.22. The van der Waals surface area contributed by atoms with Crippen LogP contribution in [0.15, 0.2) is 60.3 Å². The molecular weight excluding hydrogens is 400 g/mol. The number of nitrogens with zero attached hydrogens (tertiary/aromatic N) is 6. The van der Waals surface area contributed by atoms with Crippen molar-refractivity contribution in [1.82, 2.24) is 29.5 Å². The van der Waals surface area contributed by atoms with Crippen molar-refractivity contribution in [2.75, 3.05) is 39.0 Å². The Balaban J connectivity index is 1.28. The molecule has 1 fully saturated rings. The van der Waals surface area contributed by atoms with E-state index >= 15 is 0 Å². The number of methoxy groups -OCH3 is 1. The second kappa shape index (κ2) is 9.73.